The van der Waals surface area contributed by atoms with Gasteiger partial charge < -0.3 is 4.23 Å². The summed E-state index contributed by atoms with van der Waals surface area (Å²) in [7, 11) is -3.39. The molecule has 0 bridgehead atoms. The molecule has 0 rings (SSSR count). The minimum atomic E-state index is -1.69. The van der Waals surface area contributed by atoms with Gasteiger partial charge in [0.2, 0.25) is 0 Å². The van der Waals surface area contributed by atoms with Gasteiger partial charge in [-0.2, -0.15) is 0 Å². The van der Waals surface area contributed by atoms with Crippen LogP contribution in [-0.2, 0) is 0 Å². The molecule has 0 fully saturated rings. The Morgan fingerprint density at radius 3 is 0.744 bits per heavy atom. The zero-order chi connectivity index (χ0) is 30.1. The molecule has 0 radical (unpaired) electrons. The highest BCUT2D eigenvalue weighted by atomic mass is 28.4. The van der Waals surface area contributed by atoms with Crippen molar-refractivity contribution in [2.75, 3.05) is 6.54 Å². The van der Waals surface area contributed by atoms with Gasteiger partial charge in [0.1, 0.15) is 16.5 Å². The zero-order valence-electron chi connectivity index (χ0n) is 29.9. The van der Waals surface area contributed by atoms with E-state index >= 15 is 0 Å². The minimum absolute atomic E-state index is 0.807. The first kappa shape index (κ1) is 39.4. The number of hydrogen-bond donors (Lipinski definition) is 0. The van der Waals surface area contributed by atoms with Gasteiger partial charge in [0, 0.05) is 0 Å². The molecule has 0 aromatic carbocycles. The van der Waals surface area contributed by atoms with E-state index in [4.69, 9.17) is 0 Å². The zero-order valence-corrected chi connectivity index (χ0v) is 31.9. The third kappa shape index (κ3) is 11.5. The molecule has 0 aliphatic carbocycles. The summed E-state index contributed by atoms with van der Waals surface area (Å²) < 4.78 is 3.39. The summed E-state index contributed by atoms with van der Waals surface area (Å²) in [6, 6.07) is 0. The van der Waals surface area contributed by atoms with Gasteiger partial charge in [-0.25, -0.2) is 0 Å². The molecule has 1 nitrogen and oxygen atoms in total. The average Bonchev–Trinajstić information content (AvgIpc) is 2.82. The highest BCUT2D eigenvalue weighted by Gasteiger charge is 2.58. The van der Waals surface area contributed by atoms with Crippen LogP contribution in [0, 0.1) is 0 Å². The molecule has 0 aliphatic heterocycles. The molecule has 0 aromatic heterocycles. The predicted molar refractivity (Wildman–Crippen MR) is 188 cm³/mol. The second kappa shape index (κ2) is 21.1. The summed E-state index contributed by atoms with van der Waals surface area (Å²) in [5, 5.41) is 0. The molecule has 3 heteroatoms. The van der Waals surface area contributed by atoms with Crippen molar-refractivity contribution in [2.24, 2.45) is 0 Å². The summed E-state index contributed by atoms with van der Waals surface area (Å²) in [5.74, 6) is 0. The molecule has 0 aliphatic rings. The van der Waals surface area contributed by atoms with Crippen molar-refractivity contribution in [3.63, 3.8) is 0 Å². The van der Waals surface area contributed by atoms with Crippen LogP contribution in [0.25, 0.3) is 0 Å². The molecule has 0 atom stereocenters. The number of nitrogens with zero attached hydrogens (tertiary/aromatic N) is 1. The van der Waals surface area contributed by atoms with Gasteiger partial charge in [-0.15, -0.1) is 0 Å². The summed E-state index contributed by atoms with van der Waals surface area (Å²) in [5.41, 5.74) is 4.84. The first-order chi connectivity index (χ1) is 18.4. The van der Waals surface area contributed by atoms with Gasteiger partial charge in [-0.05, 0) is 46.2 Å². The third-order valence-electron chi connectivity index (χ3n) is 10.7. The Labute approximate surface area is 252 Å². The van der Waals surface area contributed by atoms with Crippen LogP contribution in [-0.4, -0.2) is 27.2 Å². The number of rotatable bonds is 25. The lowest BCUT2D eigenvalue weighted by molar-refractivity contribution is 0.465. The fourth-order valence-electron chi connectivity index (χ4n) is 9.41. The number of hydrogen-bond acceptors (Lipinski definition) is 1. The van der Waals surface area contributed by atoms with Crippen LogP contribution < -0.4 is 0 Å². The maximum absolute atomic E-state index is 3.39. The molecule has 0 heterocycles. The van der Waals surface area contributed by atoms with Crippen molar-refractivity contribution < 1.29 is 0 Å². The summed E-state index contributed by atoms with van der Waals surface area (Å²) in [6.07, 6.45) is 23.3. The van der Waals surface area contributed by atoms with Crippen LogP contribution in [0.5, 0.6) is 0 Å². The van der Waals surface area contributed by atoms with E-state index in [-0.39, 0.29) is 0 Å². The largest absolute Gasteiger partial charge is 0.344 e. The lowest BCUT2D eigenvalue weighted by Gasteiger charge is -2.63. The van der Waals surface area contributed by atoms with E-state index in [0.717, 1.165) is 33.2 Å². The Kier molecular flexibility index (Phi) is 21.4. The standard InChI is InChI=1S/C36H79NSi2/c1-14-15-16-17-18-19-20-21-22-23-24-25-26-27-28-29-30-37(38(31(2)3,32(4)5)33(6)7)39(34(8)9,35(10)11)36(12)13/h31-36H,14-30H2,1-13H3. The van der Waals surface area contributed by atoms with Crippen LogP contribution in [0.2, 0.25) is 33.2 Å². The Morgan fingerprint density at radius 1 is 0.333 bits per heavy atom. The molecular formula is C36H79NSi2. The van der Waals surface area contributed by atoms with Gasteiger partial charge in [0.25, 0.3) is 0 Å². The smallest absolute Gasteiger partial charge is 0.129 e. The Balaban J connectivity index is 4.94. The minimum Gasteiger partial charge on any atom is -0.344 e. The lowest BCUT2D eigenvalue weighted by Crippen LogP contribution is -2.73. The Hall–Kier alpha value is 0.394. The van der Waals surface area contributed by atoms with Crippen LogP contribution in [0.15, 0.2) is 0 Å². The maximum atomic E-state index is 3.39. The van der Waals surface area contributed by atoms with Crippen molar-refractivity contribution in [2.45, 2.75) is 226 Å². The van der Waals surface area contributed by atoms with E-state index < -0.39 is 16.5 Å². The molecule has 0 saturated carbocycles. The van der Waals surface area contributed by atoms with Crippen LogP contribution >= 0.6 is 0 Å². The summed E-state index contributed by atoms with van der Waals surface area (Å²) >= 11 is 0. The van der Waals surface area contributed by atoms with E-state index in [9.17, 15) is 0 Å². The van der Waals surface area contributed by atoms with Gasteiger partial charge in [0.15, 0.2) is 0 Å². The van der Waals surface area contributed by atoms with E-state index in [1.165, 1.54) is 109 Å². The third-order valence-corrected chi connectivity index (χ3v) is 26.5. The topological polar surface area (TPSA) is 3.24 Å². The molecule has 0 saturated heterocycles. The van der Waals surface area contributed by atoms with Crippen molar-refractivity contribution in [3.05, 3.63) is 0 Å². The monoisotopic (exact) mass is 582 g/mol. The molecule has 0 amide bonds. The maximum Gasteiger partial charge on any atom is 0.129 e. The van der Waals surface area contributed by atoms with Gasteiger partial charge in [-0.1, -0.05) is 186 Å². The van der Waals surface area contributed by atoms with Crippen molar-refractivity contribution in [1.82, 2.24) is 4.23 Å². The highest BCUT2D eigenvalue weighted by Crippen LogP contribution is 2.53. The SMILES string of the molecule is CCCCCCCCCCCCCCCCCCN([Si](C(C)C)(C(C)C)C(C)C)[Si](C(C)C)(C(C)C)C(C)C. The van der Waals surface area contributed by atoms with E-state index in [1.54, 1.807) is 0 Å². The fourth-order valence-corrected chi connectivity index (χ4v) is 29.6. The average molecular weight is 582 g/mol. The van der Waals surface area contributed by atoms with Crippen LogP contribution in [0.3, 0.4) is 0 Å². The summed E-state index contributed by atoms with van der Waals surface area (Å²) in [4.78, 5) is 0. The van der Waals surface area contributed by atoms with Crippen molar-refractivity contribution in [3.8, 4) is 0 Å². The molecule has 0 spiro atoms. The molecular weight excluding hydrogens is 503 g/mol. The first-order valence-electron chi connectivity index (χ1n) is 18.1. The van der Waals surface area contributed by atoms with Crippen molar-refractivity contribution in [1.29, 1.82) is 0 Å². The Bertz CT molecular complexity index is 491. The molecule has 0 N–H and O–H groups in total. The van der Waals surface area contributed by atoms with Gasteiger partial charge in [-0.3, -0.25) is 0 Å². The highest BCUT2D eigenvalue weighted by molar-refractivity contribution is 6.96. The molecule has 0 aromatic rings. The fraction of sp³-hybridized carbons (Fsp3) is 1.00. The molecule has 236 valence electrons. The molecule has 39 heavy (non-hydrogen) atoms. The second-order valence-electron chi connectivity index (χ2n) is 15.2. The summed E-state index contributed by atoms with van der Waals surface area (Å²) in [6.45, 7) is 34.8. The Morgan fingerprint density at radius 2 is 0.538 bits per heavy atom. The van der Waals surface area contributed by atoms with E-state index in [2.05, 4.69) is 94.2 Å². The lowest BCUT2D eigenvalue weighted by atomic mass is 10.0. The van der Waals surface area contributed by atoms with Crippen LogP contribution in [0.1, 0.15) is 193 Å². The van der Waals surface area contributed by atoms with Gasteiger partial charge in [0.05, 0.1) is 0 Å². The number of unbranched alkanes of at least 4 members (excludes halogenated alkanes) is 15. The second-order valence-corrected chi connectivity index (χ2v) is 27.2. The van der Waals surface area contributed by atoms with E-state index in [1.807, 2.05) is 0 Å². The quantitative estimate of drug-likeness (QED) is 0.0765. The normalized spacial score (nSPS) is 13.5. The first-order valence-corrected chi connectivity index (χ1v) is 22.5. The predicted octanol–water partition coefficient (Wildman–Crippen LogP) is 13.9. The van der Waals surface area contributed by atoms with Crippen LogP contribution in [0.4, 0.5) is 0 Å². The molecule has 0 unspecified atom stereocenters. The van der Waals surface area contributed by atoms with Gasteiger partial charge >= 0.3 is 0 Å². The van der Waals surface area contributed by atoms with Crippen molar-refractivity contribution >= 4 is 16.5 Å². The van der Waals surface area contributed by atoms with E-state index in [0.29, 0.717) is 0 Å².